The minimum absolute atomic E-state index is 0.0531. The summed E-state index contributed by atoms with van der Waals surface area (Å²) in [7, 11) is -3.64. The molecule has 0 bridgehead atoms. The third-order valence-electron chi connectivity index (χ3n) is 4.50. The zero-order chi connectivity index (χ0) is 19.6. The van der Waals surface area contributed by atoms with E-state index in [1.807, 2.05) is 30.3 Å². The number of rotatable bonds is 4. The Kier molecular flexibility index (Phi) is 5.95. The quantitative estimate of drug-likeness (QED) is 0.706. The fourth-order valence-electron chi connectivity index (χ4n) is 3.10. The maximum atomic E-state index is 11.8. The molecule has 1 aromatic rings. The third-order valence-corrected chi connectivity index (χ3v) is 5.58. The van der Waals surface area contributed by atoms with Gasteiger partial charge < -0.3 is 10.4 Å². The lowest BCUT2D eigenvalue weighted by molar-refractivity contribution is -0.192. The molecule has 7 nitrogen and oxygen atoms in total. The first-order valence-corrected chi connectivity index (χ1v) is 9.28. The van der Waals surface area contributed by atoms with Gasteiger partial charge in [0.25, 0.3) is 10.2 Å². The van der Waals surface area contributed by atoms with Crippen LogP contribution in [0.2, 0.25) is 0 Å². The minimum Gasteiger partial charge on any atom is -0.475 e. The molecule has 3 rings (SSSR count). The average Bonchev–Trinajstić information content (AvgIpc) is 2.43. The van der Waals surface area contributed by atoms with Gasteiger partial charge in [-0.05, 0) is 23.8 Å². The Hall–Kier alpha value is -1.69. The summed E-state index contributed by atoms with van der Waals surface area (Å²) >= 11 is 0. The van der Waals surface area contributed by atoms with Crippen LogP contribution in [-0.2, 0) is 21.5 Å². The number of alkyl halides is 3. The van der Waals surface area contributed by atoms with Crippen molar-refractivity contribution in [3.63, 3.8) is 0 Å². The average molecular weight is 395 g/mol. The van der Waals surface area contributed by atoms with Gasteiger partial charge in [0.2, 0.25) is 0 Å². The van der Waals surface area contributed by atoms with Crippen LogP contribution in [0, 0.1) is 5.41 Å². The molecule has 2 aliphatic rings. The van der Waals surface area contributed by atoms with Crippen LogP contribution in [0.4, 0.5) is 13.2 Å². The SMILES string of the molecule is NS(=O)(=O)N(Cc1ccccc1)C1CC2(CNC2)C1.O=C(O)C(F)(F)F. The summed E-state index contributed by atoms with van der Waals surface area (Å²) in [6, 6.07) is 9.65. The van der Waals surface area contributed by atoms with Gasteiger partial charge in [0.05, 0.1) is 0 Å². The third kappa shape index (κ3) is 5.16. The van der Waals surface area contributed by atoms with Crippen molar-refractivity contribution < 1.29 is 31.5 Å². The summed E-state index contributed by atoms with van der Waals surface area (Å²) in [5.41, 5.74) is 1.31. The van der Waals surface area contributed by atoms with Gasteiger partial charge in [0, 0.05) is 25.7 Å². The maximum absolute atomic E-state index is 11.8. The molecule has 1 spiro atoms. The lowest BCUT2D eigenvalue weighted by Gasteiger charge is -2.56. The standard InChI is InChI=1S/C13H19N3O2S.C2HF3O2/c14-19(17,18)16(8-11-4-2-1-3-5-11)12-6-13(7-12)9-15-10-13;3-2(4,5)1(6)7/h1-5,12,15H,6-10H2,(H2,14,17,18);(H,6,7). The van der Waals surface area contributed by atoms with E-state index in [1.165, 1.54) is 4.31 Å². The topological polar surface area (TPSA) is 113 Å². The fourth-order valence-corrected chi connectivity index (χ4v) is 3.99. The van der Waals surface area contributed by atoms with Crippen molar-refractivity contribution in [1.29, 1.82) is 0 Å². The molecule has 0 unspecified atom stereocenters. The van der Waals surface area contributed by atoms with Gasteiger partial charge in [-0.25, -0.2) is 9.93 Å². The lowest BCUT2D eigenvalue weighted by Crippen LogP contribution is -2.66. The molecular formula is C15H20F3N3O4S. The number of hydrogen-bond donors (Lipinski definition) is 3. The van der Waals surface area contributed by atoms with Crippen LogP contribution in [0.1, 0.15) is 18.4 Å². The number of carbonyl (C=O) groups is 1. The molecule has 26 heavy (non-hydrogen) atoms. The number of hydrogen-bond acceptors (Lipinski definition) is 4. The van der Waals surface area contributed by atoms with Crippen LogP contribution in [0.25, 0.3) is 0 Å². The predicted octanol–water partition coefficient (Wildman–Crippen LogP) is 1.08. The van der Waals surface area contributed by atoms with Crippen LogP contribution in [0.3, 0.4) is 0 Å². The number of aliphatic carboxylic acids is 1. The second-order valence-electron chi connectivity index (χ2n) is 6.54. The summed E-state index contributed by atoms with van der Waals surface area (Å²) in [5, 5.41) is 15.7. The van der Waals surface area contributed by atoms with Crippen LogP contribution < -0.4 is 10.5 Å². The van der Waals surface area contributed by atoms with E-state index in [-0.39, 0.29) is 6.04 Å². The van der Waals surface area contributed by atoms with Crippen molar-refractivity contribution in [2.45, 2.75) is 31.6 Å². The Labute approximate surface area is 149 Å². The van der Waals surface area contributed by atoms with E-state index < -0.39 is 22.4 Å². The van der Waals surface area contributed by atoms with Crippen molar-refractivity contribution in [1.82, 2.24) is 9.62 Å². The molecule has 0 atom stereocenters. The summed E-state index contributed by atoms with van der Waals surface area (Å²) in [4.78, 5) is 8.90. The second kappa shape index (κ2) is 7.51. The smallest absolute Gasteiger partial charge is 0.475 e. The highest BCUT2D eigenvalue weighted by Crippen LogP contribution is 2.47. The van der Waals surface area contributed by atoms with Gasteiger partial charge >= 0.3 is 12.1 Å². The molecule has 1 aromatic carbocycles. The number of halogens is 3. The number of nitrogens with zero attached hydrogens (tertiary/aromatic N) is 1. The van der Waals surface area contributed by atoms with Crippen molar-refractivity contribution in [3.8, 4) is 0 Å². The largest absolute Gasteiger partial charge is 0.490 e. The molecule has 0 radical (unpaired) electrons. The van der Waals surface area contributed by atoms with E-state index in [4.69, 9.17) is 15.0 Å². The van der Waals surface area contributed by atoms with Gasteiger partial charge in [0.1, 0.15) is 0 Å². The van der Waals surface area contributed by atoms with E-state index in [1.54, 1.807) is 0 Å². The monoisotopic (exact) mass is 395 g/mol. The molecule has 1 saturated carbocycles. The summed E-state index contributed by atoms with van der Waals surface area (Å²) in [5.74, 6) is -2.76. The van der Waals surface area contributed by atoms with E-state index >= 15 is 0 Å². The van der Waals surface area contributed by atoms with Gasteiger partial charge in [-0.3, -0.25) is 0 Å². The van der Waals surface area contributed by atoms with E-state index in [2.05, 4.69) is 5.32 Å². The van der Waals surface area contributed by atoms with Crippen molar-refractivity contribution in [3.05, 3.63) is 35.9 Å². The molecular weight excluding hydrogens is 375 g/mol. The van der Waals surface area contributed by atoms with Crippen LogP contribution in [0.15, 0.2) is 30.3 Å². The Morgan fingerprint density at radius 1 is 1.27 bits per heavy atom. The van der Waals surface area contributed by atoms with Crippen molar-refractivity contribution in [2.24, 2.45) is 10.6 Å². The van der Waals surface area contributed by atoms with Gasteiger partial charge in [0.15, 0.2) is 0 Å². The minimum atomic E-state index is -5.08. The number of carboxylic acid groups (broad SMARTS) is 1. The van der Waals surface area contributed by atoms with Gasteiger partial charge in [-0.2, -0.15) is 25.9 Å². The molecule has 4 N–H and O–H groups in total. The summed E-state index contributed by atoms with van der Waals surface area (Å²) in [6.07, 6.45) is -3.24. The summed E-state index contributed by atoms with van der Waals surface area (Å²) in [6.45, 7) is 2.38. The zero-order valence-corrected chi connectivity index (χ0v) is 14.6. The van der Waals surface area contributed by atoms with Crippen molar-refractivity contribution in [2.75, 3.05) is 13.1 Å². The van der Waals surface area contributed by atoms with Gasteiger partial charge in [-0.1, -0.05) is 30.3 Å². The molecule has 1 heterocycles. The van der Waals surface area contributed by atoms with E-state index in [9.17, 15) is 21.6 Å². The first-order chi connectivity index (χ1) is 11.9. The number of nitrogens with one attached hydrogen (secondary N) is 1. The van der Waals surface area contributed by atoms with E-state index in [0.717, 1.165) is 31.5 Å². The Bertz CT molecular complexity index is 728. The van der Waals surface area contributed by atoms with Gasteiger partial charge in [-0.15, -0.1) is 0 Å². The highest BCUT2D eigenvalue weighted by atomic mass is 32.2. The second-order valence-corrected chi connectivity index (χ2v) is 8.04. The molecule has 1 aliphatic heterocycles. The fraction of sp³-hybridized carbons (Fsp3) is 0.533. The Balaban J connectivity index is 0.000000298. The number of benzene rings is 1. The molecule has 146 valence electrons. The molecule has 0 aromatic heterocycles. The highest BCUT2D eigenvalue weighted by molar-refractivity contribution is 7.86. The maximum Gasteiger partial charge on any atom is 0.490 e. The molecule has 2 fully saturated rings. The molecule has 1 aliphatic carbocycles. The summed E-state index contributed by atoms with van der Waals surface area (Å²) < 4.78 is 56.7. The first kappa shape index (κ1) is 20.6. The first-order valence-electron chi connectivity index (χ1n) is 7.77. The Morgan fingerprint density at radius 2 is 1.77 bits per heavy atom. The van der Waals surface area contributed by atoms with Crippen LogP contribution in [0.5, 0.6) is 0 Å². The van der Waals surface area contributed by atoms with Crippen LogP contribution >= 0.6 is 0 Å². The van der Waals surface area contributed by atoms with Crippen molar-refractivity contribution >= 4 is 16.2 Å². The van der Waals surface area contributed by atoms with Crippen LogP contribution in [-0.4, -0.2) is 49.1 Å². The van der Waals surface area contributed by atoms with E-state index in [0.29, 0.717) is 12.0 Å². The highest BCUT2D eigenvalue weighted by Gasteiger charge is 2.51. The lowest BCUT2D eigenvalue weighted by atomic mass is 9.61. The normalized spacial score (nSPS) is 19.3. The zero-order valence-electron chi connectivity index (χ0n) is 13.7. The Morgan fingerprint density at radius 3 is 2.12 bits per heavy atom. The molecule has 11 heteroatoms. The molecule has 0 amide bonds. The number of nitrogens with two attached hydrogens (primary N) is 1. The molecule has 1 saturated heterocycles. The number of carboxylic acids is 1. The predicted molar refractivity (Wildman–Crippen MR) is 87.1 cm³/mol.